The van der Waals surface area contributed by atoms with Crippen molar-refractivity contribution in [2.75, 3.05) is 25.6 Å². The molecule has 0 aromatic heterocycles. The van der Waals surface area contributed by atoms with Crippen LogP contribution >= 0.6 is 12.2 Å². The molecule has 0 fully saturated rings. The Morgan fingerprint density at radius 3 is 2.67 bits per heavy atom. The molecule has 1 amide bonds. The van der Waals surface area contributed by atoms with Crippen LogP contribution < -0.4 is 25.5 Å². The number of thiocarbonyl (C=S) groups is 1. The van der Waals surface area contributed by atoms with Gasteiger partial charge in [0.2, 0.25) is 0 Å². The Labute approximate surface area is 163 Å². The number of amides is 1. The van der Waals surface area contributed by atoms with Crippen LogP contribution in [0, 0.1) is 0 Å². The number of carbonyl (C=O) groups excluding carboxylic acids is 1. The van der Waals surface area contributed by atoms with Gasteiger partial charge in [0, 0.05) is 17.8 Å². The van der Waals surface area contributed by atoms with Crippen LogP contribution in [-0.2, 0) is 4.79 Å². The molecular formula is C19H22N4O3S. The summed E-state index contributed by atoms with van der Waals surface area (Å²) >= 11 is 5.05. The number of anilines is 1. The highest BCUT2D eigenvalue weighted by Crippen LogP contribution is 2.30. The van der Waals surface area contributed by atoms with E-state index < -0.39 is 0 Å². The van der Waals surface area contributed by atoms with Crippen LogP contribution in [0.3, 0.4) is 0 Å². The zero-order valence-corrected chi connectivity index (χ0v) is 16.0. The molecule has 2 rings (SSSR count). The Morgan fingerprint density at radius 2 is 1.96 bits per heavy atom. The molecule has 2 aromatic carbocycles. The van der Waals surface area contributed by atoms with Crippen LogP contribution in [-0.4, -0.2) is 37.5 Å². The second-order valence-electron chi connectivity index (χ2n) is 5.31. The van der Waals surface area contributed by atoms with E-state index in [9.17, 15) is 4.79 Å². The Kier molecular flexibility index (Phi) is 8.05. The normalized spacial score (nSPS) is 10.3. The molecule has 3 N–H and O–H groups in total. The predicted octanol–water partition coefficient (Wildman–Crippen LogP) is 2.53. The van der Waals surface area contributed by atoms with Gasteiger partial charge in [-0.15, -0.1) is 0 Å². The third-order valence-electron chi connectivity index (χ3n) is 3.34. The molecule has 0 saturated carbocycles. The van der Waals surface area contributed by atoms with Crippen LogP contribution in [0.25, 0.3) is 0 Å². The van der Waals surface area contributed by atoms with Crippen molar-refractivity contribution in [3.05, 3.63) is 54.1 Å². The first-order valence-electron chi connectivity index (χ1n) is 8.35. The average Bonchev–Trinajstić information content (AvgIpc) is 2.67. The quantitative estimate of drug-likeness (QED) is 0.367. The van der Waals surface area contributed by atoms with Crippen LogP contribution in [0.2, 0.25) is 0 Å². The minimum absolute atomic E-state index is 0.167. The second-order valence-corrected chi connectivity index (χ2v) is 5.72. The van der Waals surface area contributed by atoms with E-state index in [-0.39, 0.29) is 12.5 Å². The smallest absolute Gasteiger partial charge is 0.262 e. The minimum atomic E-state index is -0.276. The van der Waals surface area contributed by atoms with E-state index in [0.29, 0.717) is 34.4 Å². The van der Waals surface area contributed by atoms with Gasteiger partial charge in [-0.25, -0.2) is 0 Å². The summed E-state index contributed by atoms with van der Waals surface area (Å²) in [6.45, 7) is 2.47. The number of nitrogens with one attached hydrogen (secondary N) is 3. The molecule has 7 nitrogen and oxygen atoms in total. The molecular weight excluding hydrogens is 364 g/mol. The lowest BCUT2D eigenvalue weighted by atomic mass is 10.2. The fraction of sp³-hybridized carbons (Fsp3) is 0.211. The SMILES string of the molecule is CCNC(=S)N/N=C\c1cccc(OC)c1OCC(=O)Nc1ccccc1. The summed E-state index contributed by atoms with van der Waals surface area (Å²) < 4.78 is 11.0. The summed E-state index contributed by atoms with van der Waals surface area (Å²) in [5.74, 6) is 0.644. The number of methoxy groups -OCH3 is 1. The van der Waals surface area contributed by atoms with Crippen LogP contribution in [0.15, 0.2) is 53.6 Å². The van der Waals surface area contributed by atoms with Crippen molar-refractivity contribution in [2.24, 2.45) is 5.10 Å². The van der Waals surface area contributed by atoms with Crippen molar-refractivity contribution in [1.82, 2.24) is 10.7 Å². The summed E-state index contributed by atoms with van der Waals surface area (Å²) in [7, 11) is 1.53. The maximum absolute atomic E-state index is 12.1. The van der Waals surface area contributed by atoms with Gasteiger partial charge in [-0.05, 0) is 43.4 Å². The molecule has 0 unspecified atom stereocenters. The monoisotopic (exact) mass is 386 g/mol. The number of rotatable bonds is 8. The number of hydrogen-bond donors (Lipinski definition) is 3. The third kappa shape index (κ3) is 6.59. The molecule has 0 aliphatic carbocycles. The van der Waals surface area contributed by atoms with Crippen molar-refractivity contribution in [3.8, 4) is 11.5 Å². The number of para-hydroxylation sites is 2. The lowest BCUT2D eigenvalue weighted by Crippen LogP contribution is -2.31. The molecule has 0 spiro atoms. The maximum atomic E-state index is 12.1. The first kappa shape index (κ1) is 20.2. The summed E-state index contributed by atoms with van der Waals surface area (Å²) in [6.07, 6.45) is 1.55. The van der Waals surface area contributed by atoms with E-state index in [2.05, 4.69) is 21.2 Å². The Morgan fingerprint density at radius 1 is 1.19 bits per heavy atom. The van der Waals surface area contributed by atoms with Gasteiger partial charge in [0.15, 0.2) is 23.2 Å². The van der Waals surface area contributed by atoms with Gasteiger partial charge in [0.05, 0.1) is 13.3 Å². The average molecular weight is 386 g/mol. The van der Waals surface area contributed by atoms with Gasteiger partial charge in [-0.2, -0.15) is 5.10 Å². The highest BCUT2D eigenvalue weighted by molar-refractivity contribution is 7.80. The van der Waals surface area contributed by atoms with E-state index >= 15 is 0 Å². The number of hydrogen-bond acceptors (Lipinski definition) is 5. The zero-order valence-electron chi connectivity index (χ0n) is 15.2. The molecule has 8 heteroatoms. The molecule has 0 aliphatic heterocycles. The van der Waals surface area contributed by atoms with Gasteiger partial charge in [0.25, 0.3) is 5.91 Å². The predicted molar refractivity (Wildman–Crippen MR) is 111 cm³/mol. The highest BCUT2D eigenvalue weighted by atomic mass is 32.1. The van der Waals surface area contributed by atoms with Gasteiger partial charge in [-0.3, -0.25) is 10.2 Å². The topological polar surface area (TPSA) is 84.0 Å². The van der Waals surface area contributed by atoms with E-state index in [1.165, 1.54) is 7.11 Å². The van der Waals surface area contributed by atoms with E-state index in [4.69, 9.17) is 21.7 Å². The van der Waals surface area contributed by atoms with Crippen molar-refractivity contribution in [2.45, 2.75) is 6.92 Å². The molecule has 0 radical (unpaired) electrons. The van der Waals surface area contributed by atoms with E-state index in [0.717, 1.165) is 0 Å². The Hall–Kier alpha value is -3.13. The van der Waals surface area contributed by atoms with Crippen molar-refractivity contribution in [1.29, 1.82) is 0 Å². The van der Waals surface area contributed by atoms with Crippen LogP contribution in [0.1, 0.15) is 12.5 Å². The second kappa shape index (κ2) is 10.8. The van der Waals surface area contributed by atoms with Gasteiger partial charge in [-0.1, -0.05) is 24.3 Å². The lowest BCUT2D eigenvalue weighted by Gasteiger charge is -2.13. The summed E-state index contributed by atoms with van der Waals surface area (Å²) in [5, 5.41) is 10.2. The minimum Gasteiger partial charge on any atom is -0.493 e. The van der Waals surface area contributed by atoms with E-state index in [1.807, 2.05) is 25.1 Å². The largest absolute Gasteiger partial charge is 0.493 e. The molecule has 0 saturated heterocycles. The maximum Gasteiger partial charge on any atom is 0.262 e. The van der Waals surface area contributed by atoms with Crippen molar-refractivity contribution < 1.29 is 14.3 Å². The Balaban J connectivity index is 2.04. The molecule has 0 bridgehead atoms. The first-order valence-corrected chi connectivity index (χ1v) is 8.76. The van der Waals surface area contributed by atoms with Gasteiger partial charge >= 0.3 is 0 Å². The fourth-order valence-electron chi connectivity index (χ4n) is 2.17. The zero-order chi connectivity index (χ0) is 19.5. The van der Waals surface area contributed by atoms with Crippen molar-refractivity contribution >= 4 is 35.1 Å². The first-order chi connectivity index (χ1) is 13.1. The molecule has 0 heterocycles. The number of benzene rings is 2. The summed E-state index contributed by atoms with van der Waals surface area (Å²) in [5.41, 5.74) is 4.06. The Bertz CT molecular complexity index is 797. The fourth-order valence-corrected chi connectivity index (χ4v) is 2.36. The van der Waals surface area contributed by atoms with Gasteiger partial charge in [0.1, 0.15) is 0 Å². The third-order valence-corrected chi connectivity index (χ3v) is 3.58. The molecule has 27 heavy (non-hydrogen) atoms. The number of nitrogens with zero attached hydrogens (tertiary/aromatic N) is 1. The van der Waals surface area contributed by atoms with Crippen molar-refractivity contribution in [3.63, 3.8) is 0 Å². The molecule has 0 atom stereocenters. The molecule has 2 aromatic rings. The standard InChI is InChI=1S/C19H22N4O3S/c1-3-20-19(27)23-21-12-14-8-7-11-16(25-2)18(14)26-13-17(24)22-15-9-5-4-6-10-15/h4-12H,3,13H2,1-2H3,(H,22,24)(H2,20,23,27)/b21-12-. The molecule has 0 aliphatic rings. The lowest BCUT2D eigenvalue weighted by molar-refractivity contribution is -0.118. The number of carbonyl (C=O) groups is 1. The number of hydrazone groups is 1. The number of ether oxygens (including phenoxy) is 2. The summed E-state index contributed by atoms with van der Waals surface area (Å²) in [6, 6.07) is 14.5. The van der Waals surface area contributed by atoms with Crippen LogP contribution in [0.4, 0.5) is 5.69 Å². The van der Waals surface area contributed by atoms with E-state index in [1.54, 1.807) is 36.5 Å². The molecule has 142 valence electrons. The van der Waals surface area contributed by atoms with Crippen LogP contribution in [0.5, 0.6) is 11.5 Å². The van der Waals surface area contributed by atoms with Gasteiger partial charge < -0.3 is 20.1 Å². The highest BCUT2D eigenvalue weighted by Gasteiger charge is 2.12. The summed E-state index contributed by atoms with van der Waals surface area (Å²) in [4.78, 5) is 12.1.